The molecule has 1 aromatic rings. The van der Waals surface area contributed by atoms with Crippen molar-refractivity contribution < 1.29 is 103 Å². The Balaban J connectivity index is 1.60. The van der Waals surface area contributed by atoms with Gasteiger partial charge in [-0.2, -0.15) is 0 Å². The zero-order valence-electron chi connectivity index (χ0n) is 27.5. The molecule has 3 fully saturated rings. The van der Waals surface area contributed by atoms with E-state index in [0.29, 0.717) is 0 Å². The summed E-state index contributed by atoms with van der Waals surface area (Å²) in [5.74, 6) is -7.15. The van der Waals surface area contributed by atoms with Crippen molar-refractivity contribution in [2.45, 2.75) is 111 Å². The Morgan fingerprint density at radius 2 is 1.53 bits per heavy atom. The fraction of sp³-hybridized carbons (Fsp3) is 0.724. The highest BCUT2D eigenvalue weighted by Gasteiger charge is 2.65. The summed E-state index contributed by atoms with van der Waals surface area (Å²) in [5, 5.41) is 128. The Morgan fingerprint density at radius 3 is 2.06 bits per heavy atom. The van der Waals surface area contributed by atoms with E-state index in [-0.39, 0.29) is 11.4 Å². The van der Waals surface area contributed by atoms with Gasteiger partial charge in [-0.1, -0.05) is 0 Å². The predicted octanol–water partition coefficient (Wildman–Crippen LogP) is -6.28. The van der Waals surface area contributed by atoms with Crippen LogP contribution in [0.15, 0.2) is 24.3 Å². The van der Waals surface area contributed by atoms with Gasteiger partial charge in [0.25, 0.3) is 5.69 Å². The number of carboxylic acid groups (broad SMARTS) is 1. The van der Waals surface area contributed by atoms with Crippen LogP contribution in [0.4, 0.5) is 10.1 Å². The van der Waals surface area contributed by atoms with Crippen LogP contribution in [0, 0.1) is 10.1 Å². The predicted molar refractivity (Wildman–Crippen MR) is 162 cm³/mol. The zero-order valence-corrected chi connectivity index (χ0v) is 27.5. The van der Waals surface area contributed by atoms with E-state index in [1.165, 1.54) is 0 Å². The number of carboxylic acids is 1. The number of non-ortho nitro benzene ring substituents is 1. The van der Waals surface area contributed by atoms with Crippen molar-refractivity contribution in [3.05, 3.63) is 34.4 Å². The van der Waals surface area contributed by atoms with E-state index in [1.807, 2.05) is 5.32 Å². The molecule has 300 valence electrons. The van der Waals surface area contributed by atoms with Crippen LogP contribution in [0.5, 0.6) is 5.75 Å². The number of ether oxygens (including phenoxy) is 6. The fourth-order valence-corrected chi connectivity index (χ4v) is 6.02. The van der Waals surface area contributed by atoms with Crippen molar-refractivity contribution in [3.63, 3.8) is 0 Å². The summed E-state index contributed by atoms with van der Waals surface area (Å²) >= 11 is 0. The molecule has 3 heterocycles. The largest absolute Gasteiger partial charge is 0.477 e. The maximum absolute atomic E-state index is 16.0. The SMILES string of the molecule is CC(=O)N[C@@H]1C(O)C(F)[C@](OC2C(O)[C@H](O[C@@H]3C(CO)O[C@@H](Oc4ccc([N+](=O)[O-])cc4)C(O)C3O)OC(CO)[C@@H]2O)(C(=O)O)OC1[C@H](O)[C@H](O)CO. The van der Waals surface area contributed by atoms with Crippen LogP contribution in [0.2, 0.25) is 0 Å². The third-order valence-corrected chi connectivity index (χ3v) is 8.83. The third-order valence-electron chi connectivity index (χ3n) is 8.83. The van der Waals surface area contributed by atoms with Crippen LogP contribution in [0.3, 0.4) is 0 Å². The smallest absolute Gasteiger partial charge is 0.367 e. The van der Waals surface area contributed by atoms with Gasteiger partial charge in [0, 0.05) is 19.1 Å². The van der Waals surface area contributed by atoms with E-state index in [0.717, 1.165) is 31.2 Å². The molecule has 53 heavy (non-hydrogen) atoms. The lowest BCUT2D eigenvalue weighted by Gasteiger charge is -2.51. The van der Waals surface area contributed by atoms with Gasteiger partial charge in [-0.05, 0) is 12.1 Å². The highest BCUT2D eigenvalue weighted by Crippen LogP contribution is 2.40. The Kier molecular flexibility index (Phi) is 14.0. The van der Waals surface area contributed by atoms with Crippen LogP contribution in [0.25, 0.3) is 0 Å². The Labute approximate surface area is 297 Å². The summed E-state index contributed by atoms with van der Waals surface area (Å²) in [5.41, 5.74) is -0.293. The van der Waals surface area contributed by atoms with Gasteiger partial charge in [0.05, 0.1) is 30.8 Å². The number of aliphatic hydroxyl groups excluding tert-OH is 10. The van der Waals surface area contributed by atoms with Gasteiger partial charge in [-0.3, -0.25) is 14.9 Å². The molecule has 3 saturated heterocycles. The van der Waals surface area contributed by atoms with Gasteiger partial charge < -0.3 is 89.9 Å². The zero-order chi connectivity index (χ0) is 39.5. The molecule has 9 unspecified atom stereocenters. The van der Waals surface area contributed by atoms with Crippen molar-refractivity contribution in [1.29, 1.82) is 0 Å². The standard InChI is InChI=1S/C29H41FN2O21/c1-9(36)31-15-18(40)25(30)29(28(44)45,52-23(15)16(38)12(37)6-33)53-24-17(39)13(7-34)49-27(21(24)43)51-22-14(8-35)50-26(20(42)19(22)41)48-11-4-2-10(3-5-11)32(46)47/h2-5,12-27,33-35,37-43H,6-8H2,1H3,(H,31,36)(H,44,45)/t12-,13?,14?,15-,16-,17+,18?,19?,20?,21?,22-,23?,24?,25?,26-,27+,29+/m1/s1. The van der Waals surface area contributed by atoms with Gasteiger partial charge in [-0.25, -0.2) is 9.18 Å². The number of aliphatic carboxylic acids is 1. The molecule has 12 N–H and O–H groups in total. The topological polar surface area (TPSA) is 367 Å². The number of hydrogen-bond donors (Lipinski definition) is 12. The summed E-state index contributed by atoms with van der Waals surface area (Å²) in [6, 6.07) is 2.49. The monoisotopic (exact) mass is 772 g/mol. The number of benzene rings is 1. The third kappa shape index (κ3) is 8.66. The second-order valence-electron chi connectivity index (χ2n) is 12.4. The Bertz CT molecular complexity index is 1410. The molecule has 0 aliphatic carbocycles. The number of amides is 1. The average molecular weight is 773 g/mol. The van der Waals surface area contributed by atoms with Gasteiger partial charge in [-0.15, -0.1) is 0 Å². The first-order valence-electron chi connectivity index (χ1n) is 15.9. The Hall–Kier alpha value is -3.31. The van der Waals surface area contributed by atoms with Gasteiger partial charge in [0.1, 0.15) is 79.0 Å². The second-order valence-corrected chi connectivity index (χ2v) is 12.4. The lowest BCUT2D eigenvalue weighted by Crippen LogP contribution is -2.75. The molecule has 4 rings (SSSR count). The number of carbonyl (C=O) groups is 2. The summed E-state index contributed by atoms with van der Waals surface area (Å²) in [6.07, 6.45) is -32.7. The molecule has 24 heteroatoms. The average Bonchev–Trinajstić information content (AvgIpc) is 3.12. The highest BCUT2D eigenvalue weighted by atomic mass is 19.1. The van der Waals surface area contributed by atoms with Crippen LogP contribution < -0.4 is 10.1 Å². The van der Waals surface area contributed by atoms with Crippen LogP contribution in [0.1, 0.15) is 6.92 Å². The number of nitrogens with zero attached hydrogens (tertiary/aromatic N) is 1. The van der Waals surface area contributed by atoms with E-state index in [9.17, 15) is 75.9 Å². The van der Waals surface area contributed by atoms with Crippen molar-refractivity contribution in [2.75, 3.05) is 19.8 Å². The molecular formula is C29H41FN2O21. The van der Waals surface area contributed by atoms with Gasteiger partial charge in [0.2, 0.25) is 12.2 Å². The molecule has 1 amide bonds. The van der Waals surface area contributed by atoms with E-state index in [2.05, 4.69) is 0 Å². The number of alkyl halides is 1. The lowest BCUT2D eigenvalue weighted by atomic mass is 9.86. The molecular weight excluding hydrogens is 731 g/mol. The van der Waals surface area contributed by atoms with Crippen LogP contribution >= 0.6 is 0 Å². The van der Waals surface area contributed by atoms with Gasteiger partial charge in [0.15, 0.2) is 12.5 Å². The second kappa shape index (κ2) is 17.4. The summed E-state index contributed by atoms with van der Waals surface area (Å²) in [7, 11) is 0. The van der Waals surface area contributed by atoms with Crippen LogP contribution in [-0.2, 0) is 33.3 Å². The molecule has 23 nitrogen and oxygen atoms in total. The molecule has 3 aliphatic heterocycles. The summed E-state index contributed by atoms with van der Waals surface area (Å²) in [4.78, 5) is 34.7. The molecule has 3 aliphatic rings. The van der Waals surface area contributed by atoms with Crippen molar-refractivity contribution in [1.82, 2.24) is 5.32 Å². The van der Waals surface area contributed by atoms with E-state index >= 15 is 4.39 Å². The number of carbonyl (C=O) groups excluding carboxylic acids is 1. The first-order chi connectivity index (χ1) is 24.9. The Morgan fingerprint density at radius 1 is 0.925 bits per heavy atom. The molecule has 0 bridgehead atoms. The van der Waals surface area contributed by atoms with E-state index < -0.39 is 140 Å². The maximum Gasteiger partial charge on any atom is 0.367 e. The van der Waals surface area contributed by atoms with Gasteiger partial charge >= 0.3 is 11.8 Å². The minimum atomic E-state index is -3.77. The van der Waals surface area contributed by atoms with E-state index in [1.54, 1.807) is 0 Å². The highest BCUT2D eigenvalue weighted by molar-refractivity contribution is 5.77. The number of nitrogens with one attached hydrogen (secondary N) is 1. The lowest BCUT2D eigenvalue weighted by molar-refractivity contribution is -0.393. The molecule has 17 atom stereocenters. The number of hydrogen-bond acceptors (Lipinski definition) is 20. The molecule has 0 spiro atoms. The normalized spacial score (nSPS) is 40.2. The maximum atomic E-state index is 16.0. The number of rotatable bonds is 14. The summed E-state index contributed by atoms with van der Waals surface area (Å²) in [6.45, 7) is -2.32. The summed E-state index contributed by atoms with van der Waals surface area (Å²) < 4.78 is 48.6. The van der Waals surface area contributed by atoms with Crippen molar-refractivity contribution in [3.8, 4) is 5.75 Å². The minimum Gasteiger partial charge on any atom is -0.477 e. The molecule has 0 aromatic heterocycles. The quantitative estimate of drug-likeness (QED) is 0.0618. The first-order valence-corrected chi connectivity index (χ1v) is 15.9. The number of aliphatic hydroxyl groups is 10. The van der Waals surface area contributed by atoms with Crippen molar-refractivity contribution >= 4 is 17.6 Å². The fourth-order valence-electron chi connectivity index (χ4n) is 6.02. The van der Waals surface area contributed by atoms with E-state index in [4.69, 9.17) is 28.4 Å². The number of nitro benzene ring substituents is 1. The molecule has 1 aromatic carbocycles. The van der Waals surface area contributed by atoms with Crippen LogP contribution in [-0.4, -0.2) is 197 Å². The minimum absolute atomic E-state index is 0.0636. The first kappa shape index (κ1) is 42.4. The van der Waals surface area contributed by atoms with Crippen molar-refractivity contribution in [2.24, 2.45) is 0 Å². The molecule has 0 radical (unpaired) electrons. The molecule has 0 saturated carbocycles. The number of halogens is 1. The number of nitro groups is 1.